The van der Waals surface area contributed by atoms with E-state index in [2.05, 4.69) is 33.1 Å². The van der Waals surface area contributed by atoms with E-state index in [1.165, 1.54) is 6.92 Å². The van der Waals surface area contributed by atoms with Crippen molar-refractivity contribution >= 4 is 28.4 Å². The molecule has 1 aromatic heterocycles. The van der Waals surface area contributed by atoms with Crippen molar-refractivity contribution in [2.24, 2.45) is 0 Å². The predicted molar refractivity (Wildman–Crippen MR) is 188 cm³/mol. The van der Waals surface area contributed by atoms with E-state index in [0.29, 0.717) is 17.8 Å². The summed E-state index contributed by atoms with van der Waals surface area (Å²) in [5.74, 6) is -0.384. The van der Waals surface area contributed by atoms with Crippen molar-refractivity contribution in [2.75, 3.05) is 5.32 Å². The molecule has 7 rings (SSSR count). The second-order valence-corrected chi connectivity index (χ2v) is 12.4. The molecule has 8 nitrogen and oxygen atoms in total. The first-order valence-electron chi connectivity index (χ1n) is 16.4. The molecular weight excluding hydrogens is 614 g/mol. The minimum atomic E-state index is -0.681. The number of nitrogens with one attached hydrogen (secondary N) is 1. The molecule has 0 spiro atoms. The van der Waals surface area contributed by atoms with Crippen molar-refractivity contribution in [3.8, 4) is 0 Å². The monoisotopic (exact) mass is 651 g/mol. The Bertz CT molecular complexity index is 2060. The molecule has 4 unspecified atom stereocenters. The molecule has 246 valence electrons. The average Bonchev–Trinajstić information content (AvgIpc) is 3.54. The lowest BCUT2D eigenvalue weighted by molar-refractivity contribution is -0.263. The number of hydrogen-bond donors (Lipinski definition) is 2. The Morgan fingerprint density at radius 1 is 0.776 bits per heavy atom. The summed E-state index contributed by atoms with van der Waals surface area (Å²) in [6, 6.07) is 40.9. The van der Waals surface area contributed by atoms with Crippen LogP contribution in [0.1, 0.15) is 63.4 Å². The third-order valence-electron chi connectivity index (χ3n) is 9.04. The van der Waals surface area contributed by atoms with Gasteiger partial charge in [-0.25, -0.2) is 4.98 Å². The Morgan fingerprint density at radius 2 is 1.49 bits per heavy atom. The van der Waals surface area contributed by atoms with E-state index in [-0.39, 0.29) is 42.8 Å². The van der Waals surface area contributed by atoms with Crippen molar-refractivity contribution in [2.45, 2.75) is 50.9 Å². The lowest BCUT2D eigenvalue weighted by atomic mass is 9.83. The Hall–Kier alpha value is -5.41. The zero-order valence-corrected chi connectivity index (χ0v) is 27.1. The predicted octanol–water partition coefficient (Wildman–Crippen LogP) is 7.55. The quantitative estimate of drug-likeness (QED) is 0.148. The van der Waals surface area contributed by atoms with Gasteiger partial charge in [-0.2, -0.15) is 0 Å². The van der Waals surface area contributed by atoms with Crippen LogP contribution in [0.15, 0.2) is 134 Å². The number of ether oxygens (including phenoxy) is 2. The van der Waals surface area contributed by atoms with Crippen LogP contribution >= 0.6 is 0 Å². The van der Waals surface area contributed by atoms with Gasteiger partial charge in [0.1, 0.15) is 0 Å². The number of aliphatic hydroxyl groups excluding tert-OH is 1. The van der Waals surface area contributed by atoms with E-state index in [4.69, 9.17) is 9.47 Å². The average molecular weight is 652 g/mol. The fourth-order valence-electron chi connectivity index (χ4n) is 6.51. The van der Waals surface area contributed by atoms with Gasteiger partial charge in [-0.15, -0.1) is 0 Å². The molecule has 1 fully saturated rings. The SMILES string of the molecule is CC(=O)c1cccc(NC(=O)Cc2ccc(C3OC(Cn4cnc5ccccc54)C(c4ccccc4)C(c4ccc(CO)cc4)O3)cc2)c1. The molecule has 49 heavy (non-hydrogen) atoms. The summed E-state index contributed by atoms with van der Waals surface area (Å²) in [6.07, 6.45) is 0.701. The molecule has 8 heteroatoms. The lowest BCUT2D eigenvalue weighted by Crippen LogP contribution is -2.39. The van der Waals surface area contributed by atoms with Gasteiger partial charge < -0.3 is 24.5 Å². The molecular formula is C41H37N3O5. The first kappa shape index (κ1) is 32.2. The molecule has 0 aliphatic carbocycles. The van der Waals surface area contributed by atoms with Crippen LogP contribution in [0.25, 0.3) is 11.0 Å². The molecule has 4 atom stereocenters. The highest BCUT2D eigenvalue weighted by Crippen LogP contribution is 2.47. The number of fused-ring (bicyclic) bond motifs is 1. The summed E-state index contributed by atoms with van der Waals surface area (Å²) in [5.41, 5.74) is 7.67. The minimum absolute atomic E-state index is 0.0366. The summed E-state index contributed by atoms with van der Waals surface area (Å²) >= 11 is 0. The van der Waals surface area contributed by atoms with Gasteiger partial charge in [0, 0.05) is 22.7 Å². The maximum Gasteiger partial charge on any atom is 0.228 e. The van der Waals surface area contributed by atoms with Gasteiger partial charge in [-0.05, 0) is 53.4 Å². The topological polar surface area (TPSA) is 103 Å². The number of para-hydroxylation sites is 2. The van der Waals surface area contributed by atoms with Crippen LogP contribution in [0.2, 0.25) is 0 Å². The van der Waals surface area contributed by atoms with Gasteiger partial charge in [-0.1, -0.05) is 103 Å². The fraction of sp³-hybridized carbons (Fsp3) is 0.195. The largest absolute Gasteiger partial charge is 0.392 e. The van der Waals surface area contributed by atoms with E-state index in [0.717, 1.165) is 38.9 Å². The number of aromatic nitrogens is 2. The highest BCUT2D eigenvalue weighted by Gasteiger charge is 2.42. The number of ketones is 1. The van der Waals surface area contributed by atoms with Crippen LogP contribution in [0.5, 0.6) is 0 Å². The third kappa shape index (κ3) is 7.22. The number of nitrogens with zero attached hydrogens (tertiary/aromatic N) is 2. The molecule has 2 N–H and O–H groups in total. The summed E-state index contributed by atoms with van der Waals surface area (Å²) in [5, 5.41) is 12.6. The van der Waals surface area contributed by atoms with Gasteiger partial charge in [0.25, 0.3) is 0 Å². The maximum atomic E-state index is 12.9. The van der Waals surface area contributed by atoms with Crippen molar-refractivity contribution < 1.29 is 24.2 Å². The number of benzene rings is 5. The number of anilines is 1. The van der Waals surface area contributed by atoms with E-state index >= 15 is 0 Å². The second kappa shape index (κ2) is 14.4. The number of rotatable bonds is 10. The minimum Gasteiger partial charge on any atom is -0.392 e. The summed E-state index contributed by atoms with van der Waals surface area (Å²) in [6.45, 7) is 2.01. The number of imidazole rings is 1. The molecule has 2 heterocycles. The molecule has 0 saturated carbocycles. The number of carbonyl (C=O) groups excluding carboxylic acids is 2. The number of carbonyl (C=O) groups is 2. The second-order valence-electron chi connectivity index (χ2n) is 12.4. The Balaban J connectivity index is 1.18. The number of aliphatic hydroxyl groups is 1. The number of Topliss-reactive ketones (excluding diaryl/α,β-unsaturated/α-hetero) is 1. The summed E-state index contributed by atoms with van der Waals surface area (Å²) in [4.78, 5) is 29.3. The van der Waals surface area contributed by atoms with Crippen LogP contribution in [0.3, 0.4) is 0 Å². The van der Waals surface area contributed by atoms with Gasteiger partial charge in [0.15, 0.2) is 12.1 Å². The zero-order chi connectivity index (χ0) is 33.7. The zero-order valence-electron chi connectivity index (χ0n) is 27.1. The van der Waals surface area contributed by atoms with Crippen molar-refractivity contribution in [3.05, 3.63) is 167 Å². The van der Waals surface area contributed by atoms with Gasteiger partial charge in [-0.3, -0.25) is 9.59 Å². The van der Waals surface area contributed by atoms with Crippen LogP contribution in [0.4, 0.5) is 5.69 Å². The van der Waals surface area contributed by atoms with E-state index < -0.39 is 6.29 Å². The van der Waals surface area contributed by atoms with Crippen molar-refractivity contribution in [1.29, 1.82) is 0 Å². The Labute approximate surface area is 285 Å². The van der Waals surface area contributed by atoms with Crippen LogP contribution in [-0.4, -0.2) is 32.5 Å². The molecule has 1 aliphatic rings. The summed E-state index contributed by atoms with van der Waals surface area (Å²) in [7, 11) is 0. The molecule has 6 aromatic rings. The van der Waals surface area contributed by atoms with E-state index in [9.17, 15) is 14.7 Å². The number of amides is 1. The maximum absolute atomic E-state index is 12.9. The highest BCUT2D eigenvalue weighted by molar-refractivity contribution is 5.97. The van der Waals surface area contributed by atoms with E-state index in [1.54, 1.807) is 24.3 Å². The molecule has 0 radical (unpaired) electrons. The van der Waals surface area contributed by atoms with Crippen molar-refractivity contribution in [1.82, 2.24) is 9.55 Å². The lowest BCUT2D eigenvalue weighted by Gasteiger charge is -2.43. The molecule has 1 amide bonds. The molecule has 1 aliphatic heterocycles. The van der Waals surface area contributed by atoms with Crippen molar-refractivity contribution in [3.63, 3.8) is 0 Å². The Morgan fingerprint density at radius 3 is 2.24 bits per heavy atom. The Kier molecular flexibility index (Phi) is 9.43. The third-order valence-corrected chi connectivity index (χ3v) is 9.04. The van der Waals surface area contributed by atoms with E-state index in [1.807, 2.05) is 91.3 Å². The molecule has 0 bridgehead atoms. The fourth-order valence-corrected chi connectivity index (χ4v) is 6.51. The van der Waals surface area contributed by atoms with Crippen LogP contribution in [0, 0.1) is 0 Å². The van der Waals surface area contributed by atoms with Gasteiger partial charge in [0.05, 0.1) is 49.1 Å². The first-order valence-corrected chi connectivity index (χ1v) is 16.4. The normalized spacial score (nSPS) is 19.1. The van der Waals surface area contributed by atoms with Crippen LogP contribution in [-0.2, 0) is 33.8 Å². The summed E-state index contributed by atoms with van der Waals surface area (Å²) < 4.78 is 15.9. The smallest absolute Gasteiger partial charge is 0.228 e. The molecule has 5 aromatic carbocycles. The first-order chi connectivity index (χ1) is 23.9. The standard InChI is InChI=1S/C41H37N3O5/c1-27(46)33-10-7-11-34(23-33)43-38(47)22-28-14-20-32(21-15-28)41-48-37(24-44-26-42-35-12-5-6-13-36(35)44)39(30-8-3-2-4-9-30)40(49-41)31-18-16-29(25-45)17-19-31/h2-21,23,26,37,39-41,45H,22,24-25H2,1H3,(H,43,47). The highest BCUT2D eigenvalue weighted by atomic mass is 16.7. The van der Waals surface area contributed by atoms with Gasteiger partial charge in [0.2, 0.25) is 5.91 Å². The van der Waals surface area contributed by atoms with Crippen LogP contribution < -0.4 is 5.32 Å². The number of hydrogen-bond acceptors (Lipinski definition) is 6. The molecule has 1 saturated heterocycles. The van der Waals surface area contributed by atoms with Gasteiger partial charge >= 0.3 is 0 Å².